The Morgan fingerprint density at radius 1 is 1.17 bits per heavy atom. The van der Waals surface area contributed by atoms with E-state index in [1.165, 1.54) is 30.1 Å². The maximum atomic E-state index is 13.5. The molecule has 3 aromatic rings. The van der Waals surface area contributed by atoms with E-state index >= 15 is 0 Å². The van der Waals surface area contributed by atoms with Crippen molar-refractivity contribution < 1.29 is 23.5 Å². The van der Waals surface area contributed by atoms with Crippen LogP contribution in [-0.4, -0.2) is 51.0 Å². The summed E-state index contributed by atoms with van der Waals surface area (Å²) in [5.74, 6) is -1.35. The number of fused-ring (bicyclic) bond motifs is 1. The summed E-state index contributed by atoms with van der Waals surface area (Å²) in [7, 11) is 1.38. The predicted molar refractivity (Wildman–Crippen MR) is 123 cm³/mol. The fraction of sp³-hybridized carbons (Fsp3) is 0.417. The topological polar surface area (TPSA) is 128 Å². The van der Waals surface area contributed by atoms with Crippen molar-refractivity contribution in [2.24, 2.45) is 11.8 Å². The number of nitrogens with zero attached hydrogens (tertiary/aromatic N) is 4. The lowest BCUT2D eigenvalue weighted by atomic mass is 9.81. The normalized spacial score (nSPS) is 17.7. The number of benzene rings is 1. The van der Waals surface area contributed by atoms with E-state index in [9.17, 15) is 18.8 Å². The molecule has 35 heavy (non-hydrogen) atoms. The Morgan fingerprint density at radius 3 is 2.77 bits per heavy atom. The Balaban J connectivity index is 1.44. The van der Waals surface area contributed by atoms with E-state index in [1.54, 1.807) is 19.1 Å². The lowest BCUT2D eigenvalue weighted by Gasteiger charge is -2.27. The van der Waals surface area contributed by atoms with Crippen LogP contribution in [0.15, 0.2) is 30.6 Å². The van der Waals surface area contributed by atoms with Gasteiger partial charge in [-0.2, -0.15) is 14.6 Å². The maximum absolute atomic E-state index is 13.5. The molecule has 10 nitrogen and oxygen atoms in total. The molecule has 4 rings (SSSR count). The standard InChI is InChI=1S/C24H27FN6O4/c1-14-8-16(6-7-18(14)25)12-26-21(32)19-10-20(31-24(30-19)28-13-29-31)22(33)27-11-15-4-3-5-17(9-15)23(34)35-2/h6-8,10,13,15,17H,3-5,9,11-12H2,1-2H3,(H,26,32)(H,27,33)/t15-,17+/m1/s1. The molecule has 0 aliphatic heterocycles. The van der Waals surface area contributed by atoms with E-state index in [4.69, 9.17) is 4.74 Å². The molecule has 0 spiro atoms. The van der Waals surface area contributed by atoms with Gasteiger partial charge < -0.3 is 15.4 Å². The summed E-state index contributed by atoms with van der Waals surface area (Å²) in [5, 5.41) is 9.67. The highest BCUT2D eigenvalue weighted by Gasteiger charge is 2.28. The van der Waals surface area contributed by atoms with Crippen LogP contribution >= 0.6 is 0 Å². The molecule has 0 bridgehead atoms. The molecule has 11 heteroatoms. The molecule has 2 aromatic heterocycles. The zero-order valence-corrected chi connectivity index (χ0v) is 19.6. The van der Waals surface area contributed by atoms with Gasteiger partial charge in [-0.3, -0.25) is 14.4 Å². The molecule has 2 amide bonds. The van der Waals surface area contributed by atoms with Gasteiger partial charge in [-0.15, -0.1) is 0 Å². The fourth-order valence-electron chi connectivity index (χ4n) is 4.36. The van der Waals surface area contributed by atoms with E-state index in [0.29, 0.717) is 18.5 Å². The number of methoxy groups -OCH3 is 1. The smallest absolute Gasteiger partial charge is 0.308 e. The summed E-state index contributed by atoms with van der Waals surface area (Å²) in [6, 6.07) is 5.95. The molecule has 0 radical (unpaired) electrons. The van der Waals surface area contributed by atoms with Crippen molar-refractivity contribution in [1.29, 1.82) is 0 Å². The summed E-state index contributed by atoms with van der Waals surface area (Å²) in [5.41, 5.74) is 1.35. The minimum absolute atomic E-state index is 0.0119. The number of hydrogen-bond acceptors (Lipinski definition) is 7. The van der Waals surface area contributed by atoms with E-state index in [0.717, 1.165) is 24.8 Å². The van der Waals surface area contributed by atoms with Crippen LogP contribution in [0.1, 0.15) is 57.8 Å². The zero-order valence-electron chi connectivity index (χ0n) is 19.6. The average molecular weight is 483 g/mol. The number of nitrogens with one attached hydrogen (secondary N) is 2. The Hall–Kier alpha value is -3.89. The molecule has 1 fully saturated rings. The minimum Gasteiger partial charge on any atom is -0.469 e. The number of carbonyl (C=O) groups is 3. The summed E-state index contributed by atoms with van der Waals surface area (Å²) >= 11 is 0. The molecule has 2 N–H and O–H groups in total. The first-order valence-corrected chi connectivity index (χ1v) is 11.5. The highest BCUT2D eigenvalue weighted by atomic mass is 19.1. The molecular formula is C24H27FN6O4. The maximum Gasteiger partial charge on any atom is 0.308 e. The molecule has 1 aliphatic carbocycles. The molecule has 2 heterocycles. The van der Waals surface area contributed by atoms with Crippen molar-refractivity contribution in [2.75, 3.05) is 13.7 Å². The van der Waals surface area contributed by atoms with E-state index in [-0.39, 0.29) is 47.3 Å². The number of ether oxygens (including phenoxy) is 1. The molecule has 1 aliphatic rings. The molecule has 184 valence electrons. The number of aryl methyl sites for hydroxylation is 1. The first kappa shape index (κ1) is 24.2. The van der Waals surface area contributed by atoms with Gasteiger partial charge in [0.05, 0.1) is 13.0 Å². The fourth-order valence-corrected chi connectivity index (χ4v) is 4.36. The quantitative estimate of drug-likeness (QED) is 0.494. The average Bonchev–Trinajstić information content (AvgIpc) is 3.35. The Bertz CT molecular complexity index is 1260. The lowest BCUT2D eigenvalue weighted by molar-refractivity contribution is -0.147. The van der Waals surface area contributed by atoms with Gasteiger partial charge in [-0.1, -0.05) is 18.6 Å². The third-order valence-electron chi connectivity index (χ3n) is 6.26. The molecule has 0 unspecified atom stereocenters. The van der Waals surface area contributed by atoms with Crippen LogP contribution in [0.5, 0.6) is 0 Å². The lowest BCUT2D eigenvalue weighted by Crippen LogP contribution is -2.35. The van der Waals surface area contributed by atoms with Crippen molar-refractivity contribution in [2.45, 2.75) is 39.2 Å². The minimum atomic E-state index is -0.500. The number of halogens is 1. The zero-order chi connectivity index (χ0) is 24.9. The Labute approximate surface area is 201 Å². The van der Waals surface area contributed by atoms with Crippen LogP contribution in [0.4, 0.5) is 4.39 Å². The number of hydrogen-bond donors (Lipinski definition) is 2. The molecular weight excluding hydrogens is 455 g/mol. The highest BCUT2D eigenvalue weighted by molar-refractivity contribution is 5.98. The number of rotatable bonds is 7. The van der Waals surface area contributed by atoms with Gasteiger partial charge in [0.15, 0.2) is 0 Å². The van der Waals surface area contributed by atoms with Crippen LogP contribution in [0.2, 0.25) is 0 Å². The first-order chi connectivity index (χ1) is 16.9. The molecule has 1 aromatic carbocycles. The van der Waals surface area contributed by atoms with Gasteiger partial charge in [0.1, 0.15) is 23.5 Å². The second kappa shape index (κ2) is 10.6. The van der Waals surface area contributed by atoms with Gasteiger partial charge in [-0.05, 0) is 49.3 Å². The first-order valence-electron chi connectivity index (χ1n) is 11.5. The van der Waals surface area contributed by atoms with Crippen molar-refractivity contribution in [3.63, 3.8) is 0 Å². The van der Waals surface area contributed by atoms with E-state index in [1.807, 2.05) is 0 Å². The molecule has 1 saturated carbocycles. The van der Waals surface area contributed by atoms with E-state index in [2.05, 4.69) is 25.7 Å². The number of amides is 2. The number of aromatic nitrogens is 4. The van der Waals surface area contributed by atoms with Crippen LogP contribution in [-0.2, 0) is 16.1 Å². The van der Waals surface area contributed by atoms with Crippen LogP contribution in [0.25, 0.3) is 5.78 Å². The highest BCUT2D eigenvalue weighted by Crippen LogP contribution is 2.29. The van der Waals surface area contributed by atoms with Gasteiger partial charge in [0.2, 0.25) is 0 Å². The van der Waals surface area contributed by atoms with Crippen molar-refractivity contribution >= 4 is 23.6 Å². The third kappa shape index (κ3) is 5.61. The van der Waals surface area contributed by atoms with Gasteiger partial charge >= 0.3 is 5.97 Å². The second-order valence-corrected chi connectivity index (χ2v) is 8.73. The largest absolute Gasteiger partial charge is 0.469 e. The summed E-state index contributed by atoms with van der Waals surface area (Å²) in [6.45, 7) is 2.20. The van der Waals surface area contributed by atoms with E-state index < -0.39 is 11.8 Å². The Kier molecular flexibility index (Phi) is 7.33. The monoisotopic (exact) mass is 482 g/mol. The van der Waals surface area contributed by atoms with Gasteiger partial charge in [0.25, 0.3) is 17.6 Å². The number of carbonyl (C=O) groups excluding carboxylic acids is 3. The van der Waals surface area contributed by atoms with Crippen molar-refractivity contribution in [3.8, 4) is 0 Å². The van der Waals surface area contributed by atoms with Crippen LogP contribution in [0, 0.1) is 24.6 Å². The predicted octanol–water partition coefficient (Wildman–Crippen LogP) is 2.21. The third-order valence-corrected chi connectivity index (χ3v) is 6.26. The Morgan fingerprint density at radius 2 is 2.00 bits per heavy atom. The number of esters is 1. The van der Waals surface area contributed by atoms with Gasteiger partial charge in [-0.25, -0.2) is 9.37 Å². The van der Waals surface area contributed by atoms with Crippen LogP contribution in [0.3, 0.4) is 0 Å². The van der Waals surface area contributed by atoms with Gasteiger partial charge in [0, 0.05) is 19.2 Å². The summed E-state index contributed by atoms with van der Waals surface area (Å²) in [4.78, 5) is 45.9. The van der Waals surface area contributed by atoms with Crippen LogP contribution < -0.4 is 10.6 Å². The molecule has 2 atom stereocenters. The van der Waals surface area contributed by atoms with Crippen molar-refractivity contribution in [3.05, 3.63) is 58.9 Å². The summed E-state index contributed by atoms with van der Waals surface area (Å²) in [6.07, 6.45) is 4.49. The molecule has 0 saturated heterocycles. The van der Waals surface area contributed by atoms with Crippen molar-refractivity contribution in [1.82, 2.24) is 30.2 Å². The summed E-state index contributed by atoms with van der Waals surface area (Å²) < 4.78 is 19.6. The SMILES string of the molecule is COC(=O)[C@H]1CCC[C@@H](CNC(=O)c2cc(C(=O)NCc3ccc(F)c(C)c3)nc3ncnn23)C1. The second-order valence-electron chi connectivity index (χ2n) is 8.73.